The molecule has 1 atom stereocenters. The zero-order chi connectivity index (χ0) is 14.9. The fourth-order valence-corrected chi connectivity index (χ4v) is 4.15. The van der Waals surface area contributed by atoms with Crippen LogP contribution in [0.3, 0.4) is 0 Å². The Morgan fingerprint density at radius 2 is 2.19 bits per heavy atom. The number of H-pyrrole nitrogens is 1. The molecule has 6 nitrogen and oxygen atoms in total. The van der Waals surface area contributed by atoms with E-state index in [-0.39, 0.29) is 17.4 Å². The summed E-state index contributed by atoms with van der Waals surface area (Å²) in [5, 5.41) is 10.6. The molecular weight excluding hydrogens is 290 g/mol. The molecule has 7 heteroatoms. The molecule has 0 bridgehead atoms. The zero-order valence-electron chi connectivity index (χ0n) is 11.6. The van der Waals surface area contributed by atoms with Crippen molar-refractivity contribution in [2.45, 2.75) is 36.7 Å². The number of hydrogen-bond acceptors (Lipinski definition) is 4. The second-order valence-electron chi connectivity index (χ2n) is 5.52. The molecule has 2 aromatic heterocycles. The predicted octanol–water partition coefficient (Wildman–Crippen LogP) is 1.39. The van der Waals surface area contributed by atoms with Gasteiger partial charge in [-0.3, -0.25) is 0 Å². The van der Waals surface area contributed by atoms with E-state index in [1.54, 1.807) is 18.3 Å². The Morgan fingerprint density at radius 3 is 2.95 bits per heavy atom. The third kappa shape index (κ3) is 2.95. The molecule has 0 amide bonds. The highest BCUT2D eigenvalue weighted by atomic mass is 32.2. The molecule has 3 N–H and O–H groups in total. The molecule has 1 aliphatic carbocycles. The van der Waals surface area contributed by atoms with Crippen molar-refractivity contribution >= 4 is 21.1 Å². The van der Waals surface area contributed by atoms with Crippen LogP contribution in [0.5, 0.6) is 0 Å². The molecule has 21 heavy (non-hydrogen) atoms. The van der Waals surface area contributed by atoms with Crippen molar-refractivity contribution in [3.05, 3.63) is 24.5 Å². The molecule has 1 saturated carbocycles. The van der Waals surface area contributed by atoms with Gasteiger partial charge >= 0.3 is 0 Å². The Morgan fingerprint density at radius 1 is 1.43 bits per heavy atom. The maximum atomic E-state index is 12.4. The maximum Gasteiger partial charge on any atom is 0.242 e. The van der Waals surface area contributed by atoms with Crippen molar-refractivity contribution in [3.8, 4) is 0 Å². The van der Waals surface area contributed by atoms with Crippen molar-refractivity contribution < 1.29 is 13.5 Å². The molecule has 1 unspecified atom stereocenters. The van der Waals surface area contributed by atoms with Crippen LogP contribution in [0.2, 0.25) is 0 Å². The predicted molar refractivity (Wildman–Crippen MR) is 79.2 cm³/mol. The molecule has 1 fully saturated rings. The fourth-order valence-electron chi connectivity index (χ4n) is 2.93. The SMILES string of the molecule is O=S(=O)(NCC(O)C1CCCC1)c1c[nH]c2ncccc12. The van der Waals surface area contributed by atoms with Gasteiger partial charge in [-0.15, -0.1) is 0 Å². The van der Waals surface area contributed by atoms with Crippen LogP contribution in [-0.4, -0.2) is 36.1 Å². The number of fused-ring (bicyclic) bond motifs is 1. The third-order valence-electron chi connectivity index (χ3n) is 4.13. The molecule has 1 aliphatic rings. The summed E-state index contributed by atoms with van der Waals surface area (Å²) in [6.45, 7) is 0.0555. The summed E-state index contributed by atoms with van der Waals surface area (Å²) in [5.74, 6) is 0.206. The van der Waals surface area contributed by atoms with Crippen molar-refractivity contribution in [3.63, 3.8) is 0 Å². The van der Waals surface area contributed by atoms with Gasteiger partial charge in [0.05, 0.1) is 6.10 Å². The normalized spacial score (nSPS) is 18.3. The number of sulfonamides is 1. The van der Waals surface area contributed by atoms with Crippen molar-refractivity contribution in [2.24, 2.45) is 5.92 Å². The summed E-state index contributed by atoms with van der Waals surface area (Å²) >= 11 is 0. The van der Waals surface area contributed by atoms with E-state index in [1.807, 2.05) is 0 Å². The summed E-state index contributed by atoms with van der Waals surface area (Å²) in [6.07, 6.45) is 6.59. The van der Waals surface area contributed by atoms with Crippen LogP contribution in [0.25, 0.3) is 11.0 Å². The molecule has 3 rings (SSSR count). The summed E-state index contributed by atoms with van der Waals surface area (Å²) < 4.78 is 27.2. The average molecular weight is 309 g/mol. The summed E-state index contributed by atoms with van der Waals surface area (Å²) in [5.41, 5.74) is 0.536. The molecule has 114 valence electrons. The van der Waals surface area contributed by atoms with Crippen LogP contribution in [-0.2, 0) is 10.0 Å². The number of aromatic amines is 1. The molecule has 0 aromatic carbocycles. The number of rotatable bonds is 5. The summed E-state index contributed by atoms with van der Waals surface area (Å²) in [4.78, 5) is 7.09. The van der Waals surface area contributed by atoms with Gasteiger partial charge in [-0.2, -0.15) is 0 Å². The van der Waals surface area contributed by atoms with Gasteiger partial charge in [-0.05, 0) is 30.9 Å². The minimum atomic E-state index is -3.65. The minimum Gasteiger partial charge on any atom is -0.391 e. The Balaban J connectivity index is 1.74. The van der Waals surface area contributed by atoms with Crippen LogP contribution < -0.4 is 4.72 Å². The van der Waals surface area contributed by atoms with Gasteiger partial charge in [-0.1, -0.05) is 12.8 Å². The largest absolute Gasteiger partial charge is 0.391 e. The Bertz CT molecular complexity index is 720. The monoisotopic (exact) mass is 309 g/mol. The van der Waals surface area contributed by atoms with Crippen LogP contribution in [0.1, 0.15) is 25.7 Å². The highest BCUT2D eigenvalue weighted by molar-refractivity contribution is 7.89. The molecule has 0 saturated heterocycles. The van der Waals surface area contributed by atoms with Gasteiger partial charge in [0.25, 0.3) is 0 Å². The number of nitrogens with zero attached hydrogens (tertiary/aromatic N) is 1. The summed E-state index contributed by atoms with van der Waals surface area (Å²) in [6, 6.07) is 3.41. The van der Waals surface area contributed by atoms with Crippen LogP contribution in [0.4, 0.5) is 0 Å². The van der Waals surface area contributed by atoms with E-state index in [2.05, 4.69) is 14.7 Å². The summed E-state index contributed by atoms with van der Waals surface area (Å²) in [7, 11) is -3.65. The van der Waals surface area contributed by atoms with Crippen LogP contribution in [0.15, 0.2) is 29.4 Å². The molecular formula is C14H19N3O3S. The van der Waals surface area contributed by atoms with E-state index in [1.165, 1.54) is 6.20 Å². The lowest BCUT2D eigenvalue weighted by Crippen LogP contribution is -2.35. The van der Waals surface area contributed by atoms with Gasteiger partial charge in [0.2, 0.25) is 10.0 Å². The van der Waals surface area contributed by atoms with Crippen LogP contribution in [0, 0.1) is 5.92 Å². The standard InChI is InChI=1S/C14H19N3O3S/c18-12(10-4-1-2-5-10)8-17-21(19,20)13-9-16-14-11(13)6-3-7-15-14/h3,6-7,9-10,12,17-18H,1-2,4-5,8H2,(H,15,16). The lowest BCUT2D eigenvalue weighted by Gasteiger charge is -2.17. The Labute approximate surface area is 123 Å². The van der Waals surface area contributed by atoms with Crippen molar-refractivity contribution in [1.82, 2.24) is 14.7 Å². The van der Waals surface area contributed by atoms with E-state index in [4.69, 9.17) is 0 Å². The molecule has 2 heterocycles. The van der Waals surface area contributed by atoms with E-state index in [9.17, 15) is 13.5 Å². The number of nitrogens with one attached hydrogen (secondary N) is 2. The first-order chi connectivity index (χ1) is 10.1. The first-order valence-electron chi connectivity index (χ1n) is 7.18. The Kier molecular flexibility index (Phi) is 3.97. The van der Waals surface area contributed by atoms with Crippen molar-refractivity contribution in [2.75, 3.05) is 6.54 Å². The molecule has 0 aliphatic heterocycles. The lowest BCUT2D eigenvalue weighted by molar-refractivity contribution is 0.115. The highest BCUT2D eigenvalue weighted by Crippen LogP contribution is 2.27. The molecule has 0 spiro atoms. The lowest BCUT2D eigenvalue weighted by atomic mass is 10.0. The molecule has 0 radical (unpaired) electrons. The number of aliphatic hydroxyl groups is 1. The van der Waals surface area contributed by atoms with Crippen molar-refractivity contribution in [1.29, 1.82) is 0 Å². The number of aliphatic hydroxyl groups excluding tert-OH is 1. The van der Waals surface area contributed by atoms with Gasteiger partial charge in [-0.25, -0.2) is 18.1 Å². The average Bonchev–Trinajstić information content (AvgIpc) is 3.14. The van der Waals surface area contributed by atoms with Gasteiger partial charge < -0.3 is 10.1 Å². The quantitative estimate of drug-likeness (QED) is 0.778. The van der Waals surface area contributed by atoms with E-state index >= 15 is 0 Å². The van der Waals surface area contributed by atoms with E-state index < -0.39 is 16.1 Å². The second kappa shape index (κ2) is 5.75. The zero-order valence-corrected chi connectivity index (χ0v) is 12.4. The van der Waals surface area contributed by atoms with Gasteiger partial charge in [0.15, 0.2) is 0 Å². The number of hydrogen-bond donors (Lipinski definition) is 3. The first-order valence-corrected chi connectivity index (χ1v) is 8.66. The van der Waals surface area contributed by atoms with Crippen LogP contribution >= 0.6 is 0 Å². The van der Waals surface area contributed by atoms with Gasteiger partial charge in [0, 0.05) is 24.3 Å². The number of aromatic nitrogens is 2. The topological polar surface area (TPSA) is 95.1 Å². The smallest absolute Gasteiger partial charge is 0.242 e. The molecule has 2 aromatic rings. The first kappa shape index (κ1) is 14.5. The van der Waals surface area contributed by atoms with E-state index in [0.29, 0.717) is 11.0 Å². The van der Waals surface area contributed by atoms with E-state index in [0.717, 1.165) is 25.7 Å². The maximum absolute atomic E-state index is 12.4. The Hall–Kier alpha value is -1.44. The fraction of sp³-hybridized carbons (Fsp3) is 0.500. The second-order valence-corrected chi connectivity index (χ2v) is 7.25. The number of pyridine rings is 1. The van der Waals surface area contributed by atoms with Gasteiger partial charge in [0.1, 0.15) is 10.5 Å². The highest BCUT2D eigenvalue weighted by Gasteiger charge is 2.26. The third-order valence-corrected chi connectivity index (χ3v) is 5.59. The minimum absolute atomic E-state index is 0.0555.